The van der Waals surface area contributed by atoms with Crippen molar-refractivity contribution >= 4 is 5.91 Å². The van der Waals surface area contributed by atoms with Crippen molar-refractivity contribution in [1.29, 1.82) is 0 Å². The highest BCUT2D eigenvalue weighted by atomic mass is 16.2. The first-order chi connectivity index (χ1) is 6.79. The third kappa shape index (κ3) is 1.55. The van der Waals surface area contributed by atoms with Crippen LogP contribution in [0.3, 0.4) is 0 Å². The van der Waals surface area contributed by atoms with Crippen molar-refractivity contribution in [2.45, 2.75) is 6.42 Å². The second-order valence-electron chi connectivity index (χ2n) is 3.40. The number of amides is 1. The van der Waals surface area contributed by atoms with E-state index < -0.39 is 0 Å². The van der Waals surface area contributed by atoms with Gasteiger partial charge in [0.1, 0.15) is 5.69 Å². The summed E-state index contributed by atoms with van der Waals surface area (Å²) in [5.74, 6) is 0.0642. The summed E-state index contributed by atoms with van der Waals surface area (Å²) >= 11 is 0. The second kappa shape index (κ2) is 3.65. The van der Waals surface area contributed by atoms with Crippen molar-refractivity contribution in [3.05, 3.63) is 30.4 Å². The van der Waals surface area contributed by atoms with Crippen LogP contribution >= 0.6 is 0 Å². The van der Waals surface area contributed by atoms with Crippen LogP contribution in [0.4, 0.5) is 0 Å². The lowest BCUT2D eigenvalue weighted by Gasteiger charge is -2.23. The molecule has 1 aromatic rings. The summed E-state index contributed by atoms with van der Waals surface area (Å²) in [6, 6.07) is 0. The van der Waals surface area contributed by atoms with Gasteiger partial charge in [0.15, 0.2) is 0 Å². The standard InChI is InChI=1S/C10H13N3O/c1-12-8-11-7-9(12)10(14)13-5-3-2-4-6-13/h2-3,7-8H,4-6H2,1H3. The molecule has 0 spiro atoms. The lowest BCUT2D eigenvalue weighted by molar-refractivity contribution is 0.0761. The van der Waals surface area contributed by atoms with Gasteiger partial charge in [-0.3, -0.25) is 4.79 Å². The summed E-state index contributed by atoms with van der Waals surface area (Å²) in [7, 11) is 1.83. The smallest absolute Gasteiger partial charge is 0.272 e. The molecule has 0 bridgehead atoms. The van der Waals surface area contributed by atoms with Gasteiger partial charge in [0.2, 0.25) is 0 Å². The minimum atomic E-state index is 0.0642. The molecule has 4 nitrogen and oxygen atoms in total. The second-order valence-corrected chi connectivity index (χ2v) is 3.40. The summed E-state index contributed by atoms with van der Waals surface area (Å²) in [5, 5.41) is 0. The fourth-order valence-electron chi connectivity index (χ4n) is 1.55. The van der Waals surface area contributed by atoms with Crippen molar-refractivity contribution in [3.8, 4) is 0 Å². The van der Waals surface area contributed by atoms with Gasteiger partial charge in [0, 0.05) is 20.1 Å². The molecule has 1 aliphatic rings. The van der Waals surface area contributed by atoms with E-state index in [0.717, 1.165) is 13.0 Å². The number of rotatable bonds is 1. The molecule has 0 aliphatic carbocycles. The van der Waals surface area contributed by atoms with Gasteiger partial charge in [-0.25, -0.2) is 4.98 Å². The minimum absolute atomic E-state index is 0.0642. The highest BCUT2D eigenvalue weighted by Gasteiger charge is 2.18. The summed E-state index contributed by atoms with van der Waals surface area (Å²) in [5.41, 5.74) is 0.653. The van der Waals surface area contributed by atoms with Gasteiger partial charge < -0.3 is 9.47 Å². The molecule has 2 heterocycles. The Hall–Kier alpha value is -1.58. The van der Waals surface area contributed by atoms with Gasteiger partial charge in [0.25, 0.3) is 5.91 Å². The van der Waals surface area contributed by atoms with Gasteiger partial charge in [-0.05, 0) is 6.42 Å². The number of carbonyl (C=O) groups is 1. The van der Waals surface area contributed by atoms with Gasteiger partial charge in [0.05, 0.1) is 12.5 Å². The number of aromatic nitrogens is 2. The molecule has 0 unspecified atom stereocenters. The molecule has 0 atom stereocenters. The maximum Gasteiger partial charge on any atom is 0.272 e. The van der Waals surface area contributed by atoms with Gasteiger partial charge >= 0.3 is 0 Å². The van der Waals surface area contributed by atoms with E-state index in [9.17, 15) is 4.79 Å². The molecule has 0 saturated heterocycles. The van der Waals surface area contributed by atoms with E-state index in [-0.39, 0.29) is 5.91 Å². The molecule has 0 fully saturated rings. The molecule has 74 valence electrons. The van der Waals surface area contributed by atoms with E-state index in [1.807, 2.05) is 18.0 Å². The fourth-order valence-corrected chi connectivity index (χ4v) is 1.55. The van der Waals surface area contributed by atoms with Crippen LogP contribution in [0.15, 0.2) is 24.7 Å². The Balaban J connectivity index is 2.16. The van der Waals surface area contributed by atoms with E-state index >= 15 is 0 Å². The molecular weight excluding hydrogens is 178 g/mol. The Morgan fingerprint density at radius 3 is 2.93 bits per heavy atom. The highest BCUT2D eigenvalue weighted by Crippen LogP contribution is 2.07. The summed E-state index contributed by atoms with van der Waals surface area (Å²) < 4.78 is 1.75. The summed E-state index contributed by atoms with van der Waals surface area (Å²) in [4.78, 5) is 17.7. The van der Waals surface area contributed by atoms with E-state index in [2.05, 4.69) is 11.1 Å². The van der Waals surface area contributed by atoms with Crippen molar-refractivity contribution in [1.82, 2.24) is 14.5 Å². The Kier molecular flexibility index (Phi) is 2.35. The quantitative estimate of drug-likeness (QED) is 0.616. The number of imidazole rings is 1. The molecule has 0 radical (unpaired) electrons. The number of carbonyl (C=O) groups excluding carboxylic acids is 1. The largest absolute Gasteiger partial charge is 0.333 e. The van der Waals surface area contributed by atoms with Gasteiger partial charge in [-0.15, -0.1) is 0 Å². The number of hydrogen-bond donors (Lipinski definition) is 0. The Bertz CT molecular complexity index is 367. The Labute approximate surface area is 82.9 Å². The third-order valence-corrected chi connectivity index (χ3v) is 2.38. The zero-order chi connectivity index (χ0) is 9.97. The molecule has 4 heteroatoms. The first kappa shape index (κ1) is 8.99. The maximum absolute atomic E-state index is 11.9. The van der Waals surface area contributed by atoms with Crippen LogP contribution in [0.1, 0.15) is 16.9 Å². The monoisotopic (exact) mass is 191 g/mol. The molecule has 1 amide bonds. The van der Waals surface area contributed by atoms with Crippen molar-refractivity contribution in [3.63, 3.8) is 0 Å². The van der Waals surface area contributed by atoms with Crippen LogP contribution in [-0.4, -0.2) is 33.4 Å². The predicted octanol–water partition coefficient (Wildman–Crippen LogP) is 0.822. The van der Waals surface area contributed by atoms with Crippen LogP contribution in [0, 0.1) is 0 Å². The van der Waals surface area contributed by atoms with E-state index in [1.54, 1.807) is 17.1 Å². The van der Waals surface area contributed by atoms with E-state index in [1.165, 1.54) is 0 Å². The Morgan fingerprint density at radius 2 is 2.36 bits per heavy atom. The van der Waals surface area contributed by atoms with Crippen LogP contribution in [0.5, 0.6) is 0 Å². The zero-order valence-electron chi connectivity index (χ0n) is 8.18. The summed E-state index contributed by atoms with van der Waals surface area (Å²) in [6.45, 7) is 1.52. The van der Waals surface area contributed by atoms with Crippen LogP contribution in [0.2, 0.25) is 0 Å². The lowest BCUT2D eigenvalue weighted by atomic mass is 10.2. The SMILES string of the molecule is Cn1cncc1C(=O)N1CC=CCC1. The average Bonchev–Trinajstić information content (AvgIpc) is 2.65. The van der Waals surface area contributed by atoms with Crippen LogP contribution in [-0.2, 0) is 7.05 Å². The Morgan fingerprint density at radius 1 is 1.50 bits per heavy atom. The minimum Gasteiger partial charge on any atom is -0.333 e. The first-order valence-electron chi connectivity index (χ1n) is 4.69. The predicted molar refractivity (Wildman–Crippen MR) is 52.9 cm³/mol. The lowest BCUT2D eigenvalue weighted by Crippen LogP contribution is -2.34. The number of nitrogens with zero attached hydrogens (tertiary/aromatic N) is 3. The molecule has 0 N–H and O–H groups in total. The first-order valence-corrected chi connectivity index (χ1v) is 4.69. The highest BCUT2D eigenvalue weighted by molar-refractivity contribution is 5.92. The summed E-state index contributed by atoms with van der Waals surface area (Å²) in [6.07, 6.45) is 8.34. The van der Waals surface area contributed by atoms with Crippen molar-refractivity contribution < 1.29 is 4.79 Å². The van der Waals surface area contributed by atoms with Crippen LogP contribution in [0.25, 0.3) is 0 Å². The number of hydrogen-bond acceptors (Lipinski definition) is 2. The topological polar surface area (TPSA) is 38.1 Å². The van der Waals surface area contributed by atoms with Gasteiger partial charge in [-0.2, -0.15) is 0 Å². The zero-order valence-corrected chi connectivity index (χ0v) is 8.18. The molecule has 2 rings (SSSR count). The van der Waals surface area contributed by atoms with Crippen LogP contribution < -0.4 is 0 Å². The fraction of sp³-hybridized carbons (Fsp3) is 0.400. The molecule has 0 saturated carbocycles. The molecule has 0 aromatic carbocycles. The number of aryl methyl sites for hydroxylation is 1. The van der Waals surface area contributed by atoms with Crippen molar-refractivity contribution in [2.24, 2.45) is 7.05 Å². The average molecular weight is 191 g/mol. The molecule has 14 heavy (non-hydrogen) atoms. The molecular formula is C10H13N3O. The van der Waals surface area contributed by atoms with Gasteiger partial charge in [-0.1, -0.05) is 12.2 Å². The molecule has 1 aromatic heterocycles. The normalized spacial score (nSPS) is 15.9. The molecule has 1 aliphatic heterocycles. The van der Waals surface area contributed by atoms with Crippen molar-refractivity contribution in [2.75, 3.05) is 13.1 Å². The maximum atomic E-state index is 11.9. The third-order valence-electron chi connectivity index (χ3n) is 2.38. The van der Waals surface area contributed by atoms with E-state index in [4.69, 9.17) is 0 Å². The van der Waals surface area contributed by atoms with E-state index in [0.29, 0.717) is 12.2 Å².